The first kappa shape index (κ1) is 16.6. The standard InChI is InChI=1S/C16H20Cl2N2S/c1-3-8-19-10-12-4-5-13(17)9-15(12)20(2)11-14-6-7-16(18)21-14/h4-7,9,19H,3,8,10-11H2,1-2H3. The first-order valence-corrected chi connectivity index (χ1v) is 8.62. The van der Waals surface area contributed by atoms with Gasteiger partial charge in [-0.1, -0.05) is 36.2 Å². The van der Waals surface area contributed by atoms with Crippen molar-refractivity contribution >= 4 is 40.2 Å². The number of anilines is 1. The maximum Gasteiger partial charge on any atom is 0.0931 e. The minimum atomic E-state index is 0.764. The highest BCUT2D eigenvalue weighted by atomic mass is 35.5. The van der Waals surface area contributed by atoms with Crippen LogP contribution in [-0.2, 0) is 13.1 Å². The lowest BCUT2D eigenvalue weighted by Gasteiger charge is -2.22. The summed E-state index contributed by atoms with van der Waals surface area (Å²) in [4.78, 5) is 3.46. The van der Waals surface area contributed by atoms with Crippen LogP contribution in [0.4, 0.5) is 5.69 Å². The molecule has 114 valence electrons. The zero-order chi connectivity index (χ0) is 15.2. The number of hydrogen-bond donors (Lipinski definition) is 1. The largest absolute Gasteiger partial charge is 0.369 e. The number of nitrogens with zero attached hydrogens (tertiary/aromatic N) is 1. The molecule has 2 rings (SSSR count). The molecule has 0 saturated carbocycles. The van der Waals surface area contributed by atoms with Gasteiger partial charge in [0.15, 0.2) is 0 Å². The third kappa shape index (κ3) is 4.89. The van der Waals surface area contributed by atoms with Crippen molar-refractivity contribution in [1.29, 1.82) is 0 Å². The molecule has 0 atom stereocenters. The summed E-state index contributed by atoms with van der Waals surface area (Å²) in [6, 6.07) is 10.1. The number of thiophene rings is 1. The van der Waals surface area contributed by atoms with Crippen molar-refractivity contribution in [2.75, 3.05) is 18.5 Å². The van der Waals surface area contributed by atoms with Gasteiger partial charge in [-0.15, -0.1) is 11.3 Å². The Morgan fingerprint density at radius 2 is 2.00 bits per heavy atom. The van der Waals surface area contributed by atoms with E-state index in [-0.39, 0.29) is 0 Å². The van der Waals surface area contributed by atoms with Crippen LogP contribution in [0.25, 0.3) is 0 Å². The Bertz CT molecular complexity index is 583. The Labute approximate surface area is 140 Å². The van der Waals surface area contributed by atoms with Gasteiger partial charge in [0, 0.05) is 29.2 Å². The van der Waals surface area contributed by atoms with Gasteiger partial charge in [0.05, 0.1) is 10.9 Å². The quantitative estimate of drug-likeness (QED) is 0.696. The van der Waals surface area contributed by atoms with Crippen molar-refractivity contribution in [3.05, 3.63) is 50.1 Å². The number of rotatable bonds is 7. The molecule has 21 heavy (non-hydrogen) atoms. The molecule has 1 heterocycles. The summed E-state index contributed by atoms with van der Waals surface area (Å²) in [6.45, 7) is 4.88. The Balaban J connectivity index is 2.13. The molecule has 0 radical (unpaired) electrons. The van der Waals surface area contributed by atoms with Crippen LogP contribution in [0.2, 0.25) is 9.36 Å². The van der Waals surface area contributed by atoms with E-state index >= 15 is 0 Å². The van der Waals surface area contributed by atoms with Crippen molar-refractivity contribution in [3.63, 3.8) is 0 Å². The topological polar surface area (TPSA) is 15.3 Å². The van der Waals surface area contributed by atoms with E-state index < -0.39 is 0 Å². The summed E-state index contributed by atoms with van der Waals surface area (Å²) >= 11 is 13.8. The highest BCUT2D eigenvalue weighted by Crippen LogP contribution is 2.28. The van der Waals surface area contributed by atoms with Crippen LogP contribution < -0.4 is 10.2 Å². The Kier molecular flexibility index (Phi) is 6.37. The van der Waals surface area contributed by atoms with Crippen LogP contribution in [0, 0.1) is 0 Å². The average Bonchev–Trinajstić information content (AvgIpc) is 2.86. The van der Waals surface area contributed by atoms with Crippen molar-refractivity contribution in [2.24, 2.45) is 0 Å². The minimum Gasteiger partial charge on any atom is -0.369 e. The molecule has 2 nitrogen and oxygen atoms in total. The number of hydrogen-bond acceptors (Lipinski definition) is 3. The molecule has 0 fully saturated rings. The van der Waals surface area contributed by atoms with Crippen LogP contribution in [-0.4, -0.2) is 13.6 Å². The van der Waals surface area contributed by atoms with Crippen molar-refractivity contribution in [3.8, 4) is 0 Å². The number of halogens is 2. The lowest BCUT2D eigenvalue weighted by Crippen LogP contribution is -2.20. The van der Waals surface area contributed by atoms with Gasteiger partial charge < -0.3 is 10.2 Å². The molecule has 5 heteroatoms. The molecular formula is C16H20Cl2N2S. The first-order chi connectivity index (χ1) is 10.1. The molecule has 0 unspecified atom stereocenters. The third-order valence-electron chi connectivity index (χ3n) is 3.22. The minimum absolute atomic E-state index is 0.764. The maximum absolute atomic E-state index is 6.16. The molecule has 0 amide bonds. The average molecular weight is 343 g/mol. The van der Waals surface area contributed by atoms with Gasteiger partial charge in [-0.05, 0) is 42.8 Å². The SMILES string of the molecule is CCCNCc1ccc(Cl)cc1N(C)Cc1ccc(Cl)s1. The molecular weight excluding hydrogens is 323 g/mol. The van der Waals surface area contributed by atoms with Crippen LogP contribution in [0.1, 0.15) is 23.8 Å². The van der Waals surface area contributed by atoms with Crippen LogP contribution in [0.3, 0.4) is 0 Å². The molecule has 0 aliphatic heterocycles. The highest BCUT2D eigenvalue weighted by Gasteiger charge is 2.10. The second kappa shape index (κ2) is 8.04. The van der Waals surface area contributed by atoms with Gasteiger partial charge in [0.2, 0.25) is 0 Å². The molecule has 0 bridgehead atoms. The van der Waals surface area contributed by atoms with Gasteiger partial charge in [-0.3, -0.25) is 0 Å². The summed E-state index contributed by atoms with van der Waals surface area (Å²) in [5.41, 5.74) is 2.42. The van der Waals surface area contributed by atoms with E-state index in [4.69, 9.17) is 23.2 Å². The van der Waals surface area contributed by atoms with Crippen LogP contribution in [0.5, 0.6) is 0 Å². The monoisotopic (exact) mass is 342 g/mol. The summed E-state index contributed by atoms with van der Waals surface area (Å²) in [7, 11) is 2.09. The van der Waals surface area contributed by atoms with E-state index in [9.17, 15) is 0 Å². The molecule has 0 aliphatic rings. The van der Waals surface area contributed by atoms with Gasteiger partial charge >= 0.3 is 0 Å². The fraction of sp³-hybridized carbons (Fsp3) is 0.375. The molecule has 1 N–H and O–H groups in total. The van der Waals surface area contributed by atoms with E-state index in [1.165, 1.54) is 10.4 Å². The summed E-state index contributed by atoms with van der Waals surface area (Å²) in [6.07, 6.45) is 1.13. The van der Waals surface area contributed by atoms with E-state index in [0.29, 0.717) is 0 Å². The molecule has 1 aromatic heterocycles. The smallest absolute Gasteiger partial charge is 0.0931 e. The Morgan fingerprint density at radius 1 is 1.19 bits per heavy atom. The summed E-state index contributed by atoms with van der Waals surface area (Å²) in [5.74, 6) is 0. The van der Waals surface area contributed by atoms with E-state index in [0.717, 1.165) is 41.1 Å². The third-order valence-corrected chi connectivity index (χ3v) is 4.67. The second-order valence-corrected chi connectivity index (χ2v) is 7.25. The number of nitrogens with one attached hydrogen (secondary N) is 1. The van der Waals surface area contributed by atoms with Crippen molar-refractivity contribution in [2.45, 2.75) is 26.4 Å². The van der Waals surface area contributed by atoms with Crippen LogP contribution in [0.15, 0.2) is 30.3 Å². The van der Waals surface area contributed by atoms with Crippen LogP contribution >= 0.6 is 34.5 Å². The molecule has 0 saturated heterocycles. The molecule has 1 aromatic carbocycles. The van der Waals surface area contributed by atoms with Crippen molar-refractivity contribution in [1.82, 2.24) is 5.32 Å². The predicted molar refractivity (Wildman–Crippen MR) is 94.9 cm³/mol. The van der Waals surface area contributed by atoms with Gasteiger partial charge in [0.25, 0.3) is 0 Å². The zero-order valence-electron chi connectivity index (χ0n) is 12.3. The van der Waals surface area contributed by atoms with Crippen molar-refractivity contribution < 1.29 is 0 Å². The highest BCUT2D eigenvalue weighted by molar-refractivity contribution is 7.16. The zero-order valence-corrected chi connectivity index (χ0v) is 14.7. The normalized spacial score (nSPS) is 10.9. The summed E-state index contributed by atoms with van der Waals surface area (Å²) in [5, 5.41) is 4.21. The predicted octanol–water partition coefficient (Wildman–Crippen LogP) is 5.19. The lowest BCUT2D eigenvalue weighted by molar-refractivity contribution is 0.674. The van der Waals surface area contributed by atoms with Gasteiger partial charge in [-0.25, -0.2) is 0 Å². The molecule has 0 aliphatic carbocycles. The fourth-order valence-electron chi connectivity index (χ4n) is 2.20. The second-order valence-electron chi connectivity index (χ2n) is 5.01. The Hall–Kier alpha value is -0.740. The number of benzene rings is 1. The summed E-state index contributed by atoms with van der Waals surface area (Å²) < 4.78 is 0.828. The maximum atomic E-state index is 6.16. The first-order valence-electron chi connectivity index (χ1n) is 7.04. The van der Waals surface area contributed by atoms with E-state index in [2.05, 4.69) is 36.3 Å². The Morgan fingerprint density at radius 3 is 2.67 bits per heavy atom. The van der Waals surface area contributed by atoms with E-state index in [1.807, 2.05) is 18.2 Å². The van der Waals surface area contributed by atoms with E-state index in [1.54, 1.807) is 11.3 Å². The molecule has 0 spiro atoms. The lowest BCUT2D eigenvalue weighted by atomic mass is 10.1. The van der Waals surface area contributed by atoms with Gasteiger partial charge in [-0.2, -0.15) is 0 Å². The molecule has 2 aromatic rings. The fourth-order valence-corrected chi connectivity index (χ4v) is 3.50. The van der Waals surface area contributed by atoms with Gasteiger partial charge in [0.1, 0.15) is 0 Å².